The maximum Gasteiger partial charge on any atom is 0.259 e. The van der Waals surface area contributed by atoms with Crippen LogP contribution >= 0.6 is 0 Å². The second kappa shape index (κ2) is 5.76. The molecule has 0 spiro atoms. The van der Waals surface area contributed by atoms with Crippen LogP contribution in [0.2, 0.25) is 0 Å². The molecule has 20 heavy (non-hydrogen) atoms. The number of nitrogens with zero attached hydrogens (tertiary/aromatic N) is 3. The first-order valence-corrected chi connectivity index (χ1v) is 7.94. The Morgan fingerprint density at radius 2 is 2.15 bits per heavy atom. The van der Waals surface area contributed by atoms with E-state index in [9.17, 15) is 8.42 Å². The van der Waals surface area contributed by atoms with Gasteiger partial charge in [0.15, 0.2) is 5.03 Å². The summed E-state index contributed by atoms with van der Waals surface area (Å²) in [5, 5.41) is 6.69. The van der Waals surface area contributed by atoms with Crippen LogP contribution in [-0.4, -0.2) is 28.2 Å². The predicted octanol–water partition coefficient (Wildman–Crippen LogP) is 1.11. The van der Waals surface area contributed by atoms with Gasteiger partial charge in [-0.2, -0.15) is 5.10 Å². The van der Waals surface area contributed by atoms with Crippen LogP contribution in [0.15, 0.2) is 17.4 Å². The summed E-state index contributed by atoms with van der Waals surface area (Å²) in [6, 6.07) is 0. The van der Waals surface area contributed by atoms with Gasteiger partial charge >= 0.3 is 0 Å². The van der Waals surface area contributed by atoms with Crippen molar-refractivity contribution in [3.8, 4) is 0 Å². The first kappa shape index (κ1) is 14.7. The van der Waals surface area contributed by atoms with E-state index >= 15 is 0 Å². The number of hydrogen-bond donors (Lipinski definition) is 2. The molecule has 8 heteroatoms. The Balaban J connectivity index is 2.14. The molecule has 0 bridgehead atoms. The molecule has 0 fully saturated rings. The minimum Gasteiger partial charge on any atom is -0.334 e. The average molecular weight is 297 g/mol. The Morgan fingerprint density at radius 3 is 2.75 bits per heavy atom. The Morgan fingerprint density at radius 1 is 1.40 bits per heavy atom. The summed E-state index contributed by atoms with van der Waals surface area (Å²) < 4.78 is 28.8. The van der Waals surface area contributed by atoms with Gasteiger partial charge in [0, 0.05) is 30.5 Å². The van der Waals surface area contributed by atoms with Crippen LogP contribution in [-0.2, 0) is 23.1 Å². The Bertz CT molecular complexity index is 687. The molecule has 110 valence electrons. The fourth-order valence-corrected chi connectivity index (χ4v) is 2.89. The van der Waals surface area contributed by atoms with E-state index < -0.39 is 10.0 Å². The lowest BCUT2D eigenvalue weighted by Crippen LogP contribution is -2.23. The normalized spacial score (nSPS) is 11.9. The highest BCUT2D eigenvalue weighted by atomic mass is 32.2. The molecule has 2 N–H and O–H groups in total. The zero-order chi connectivity index (χ0) is 14.8. The number of aromatic amines is 1. The number of aromatic nitrogens is 4. The lowest BCUT2D eigenvalue weighted by atomic mass is 10.3. The topological polar surface area (TPSA) is 92.7 Å². The van der Waals surface area contributed by atoms with Gasteiger partial charge < -0.3 is 4.57 Å². The molecular weight excluding hydrogens is 278 g/mol. The first-order valence-electron chi connectivity index (χ1n) is 6.46. The maximum atomic E-state index is 12.2. The number of imidazole rings is 1. The van der Waals surface area contributed by atoms with Crippen molar-refractivity contribution >= 4 is 10.0 Å². The first-order chi connectivity index (χ1) is 9.44. The maximum absolute atomic E-state index is 12.2. The van der Waals surface area contributed by atoms with Crippen LogP contribution in [0.5, 0.6) is 0 Å². The van der Waals surface area contributed by atoms with E-state index in [0.717, 1.165) is 24.2 Å². The quantitative estimate of drug-likeness (QED) is 0.835. The van der Waals surface area contributed by atoms with Crippen molar-refractivity contribution in [1.82, 2.24) is 24.5 Å². The molecule has 0 saturated heterocycles. The van der Waals surface area contributed by atoms with Gasteiger partial charge in [-0.1, -0.05) is 6.92 Å². The molecule has 0 aromatic carbocycles. The molecule has 0 aliphatic carbocycles. The molecule has 0 radical (unpaired) electrons. The zero-order valence-electron chi connectivity index (χ0n) is 11.8. The Hall–Kier alpha value is -1.67. The van der Waals surface area contributed by atoms with Crippen molar-refractivity contribution in [2.75, 3.05) is 0 Å². The number of H-pyrrole nitrogens is 1. The van der Waals surface area contributed by atoms with Crippen LogP contribution in [0, 0.1) is 13.8 Å². The molecule has 0 unspecified atom stereocenters. The van der Waals surface area contributed by atoms with Crippen molar-refractivity contribution in [2.45, 2.75) is 45.3 Å². The van der Waals surface area contributed by atoms with Crippen LogP contribution in [0.1, 0.15) is 30.4 Å². The predicted molar refractivity (Wildman–Crippen MR) is 74.6 cm³/mol. The van der Waals surface area contributed by atoms with Gasteiger partial charge in [0.2, 0.25) is 0 Å². The highest BCUT2D eigenvalue weighted by molar-refractivity contribution is 7.89. The molecule has 2 aromatic rings. The smallest absolute Gasteiger partial charge is 0.259 e. The number of rotatable bonds is 6. The summed E-state index contributed by atoms with van der Waals surface area (Å²) in [4.78, 5) is 4.11. The lowest BCUT2D eigenvalue weighted by Gasteiger charge is -2.03. The van der Waals surface area contributed by atoms with Gasteiger partial charge in [-0.15, -0.1) is 0 Å². The van der Waals surface area contributed by atoms with Gasteiger partial charge in [-0.25, -0.2) is 18.1 Å². The van der Waals surface area contributed by atoms with Crippen molar-refractivity contribution in [2.24, 2.45) is 0 Å². The van der Waals surface area contributed by atoms with Crippen LogP contribution < -0.4 is 4.72 Å². The lowest BCUT2D eigenvalue weighted by molar-refractivity contribution is 0.577. The van der Waals surface area contributed by atoms with Crippen molar-refractivity contribution in [3.05, 3.63) is 29.5 Å². The summed E-state index contributed by atoms with van der Waals surface area (Å²) in [6.45, 7) is 6.64. The minimum absolute atomic E-state index is 0.0598. The standard InChI is InChI=1S/C12H19N5O2S/c1-4-5-17-8-12(15-10(17)3)20(18,19)14-7-11-6-13-16-9(11)2/h6,8,14H,4-5,7H2,1-3H3,(H,13,16). The van der Waals surface area contributed by atoms with Gasteiger partial charge in [0.1, 0.15) is 5.82 Å². The molecule has 7 nitrogen and oxygen atoms in total. The molecule has 2 rings (SSSR count). The third-order valence-electron chi connectivity index (χ3n) is 3.08. The van der Waals surface area contributed by atoms with Gasteiger partial charge in [-0.05, 0) is 20.3 Å². The van der Waals surface area contributed by atoms with Gasteiger partial charge in [0.05, 0.1) is 6.20 Å². The monoisotopic (exact) mass is 297 g/mol. The molecule has 2 aromatic heterocycles. The fourth-order valence-electron chi connectivity index (χ4n) is 1.88. The van der Waals surface area contributed by atoms with E-state index in [0.29, 0.717) is 5.82 Å². The summed E-state index contributed by atoms with van der Waals surface area (Å²) in [7, 11) is -3.60. The van der Waals surface area contributed by atoms with Crippen molar-refractivity contribution in [3.63, 3.8) is 0 Å². The molecule has 0 amide bonds. The summed E-state index contributed by atoms with van der Waals surface area (Å²) >= 11 is 0. The van der Waals surface area contributed by atoms with E-state index in [1.54, 1.807) is 19.3 Å². The number of aryl methyl sites for hydroxylation is 3. The second-order valence-corrected chi connectivity index (χ2v) is 6.38. The largest absolute Gasteiger partial charge is 0.334 e. The second-order valence-electron chi connectivity index (χ2n) is 4.66. The Kier molecular flexibility index (Phi) is 4.24. The van der Waals surface area contributed by atoms with E-state index in [1.807, 2.05) is 18.4 Å². The molecular formula is C12H19N5O2S. The third kappa shape index (κ3) is 3.07. The van der Waals surface area contributed by atoms with Gasteiger partial charge in [-0.3, -0.25) is 5.10 Å². The van der Waals surface area contributed by atoms with Gasteiger partial charge in [0.25, 0.3) is 10.0 Å². The van der Waals surface area contributed by atoms with E-state index in [1.165, 1.54) is 0 Å². The number of hydrogen-bond acceptors (Lipinski definition) is 4. The number of sulfonamides is 1. The third-order valence-corrected chi connectivity index (χ3v) is 4.35. The molecule has 0 atom stereocenters. The molecule has 0 aliphatic rings. The van der Waals surface area contributed by atoms with E-state index in [-0.39, 0.29) is 11.6 Å². The summed E-state index contributed by atoms with van der Waals surface area (Å²) in [5.74, 6) is 0.701. The molecule has 0 aliphatic heterocycles. The average Bonchev–Trinajstić information content (AvgIpc) is 2.95. The molecule has 2 heterocycles. The Labute approximate surface area is 118 Å². The summed E-state index contributed by atoms with van der Waals surface area (Å²) in [5.41, 5.74) is 1.67. The highest BCUT2D eigenvalue weighted by Crippen LogP contribution is 2.11. The highest BCUT2D eigenvalue weighted by Gasteiger charge is 2.19. The van der Waals surface area contributed by atoms with Crippen molar-refractivity contribution < 1.29 is 8.42 Å². The summed E-state index contributed by atoms with van der Waals surface area (Å²) in [6.07, 6.45) is 4.11. The minimum atomic E-state index is -3.60. The van der Waals surface area contributed by atoms with E-state index in [2.05, 4.69) is 19.9 Å². The number of nitrogens with one attached hydrogen (secondary N) is 2. The SMILES string of the molecule is CCCn1cc(S(=O)(=O)NCc2cn[nH]c2C)nc1C. The van der Waals surface area contributed by atoms with Crippen LogP contribution in [0.4, 0.5) is 0 Å². The van der Waals surface area contributed by atoms with Crippen LogP contribution in [0.3, 0.4) is 0 Å². The molecule has 0 saturated carbocycles. The van der Waals surface area contributed by atoms with E-state index in [4.69, 9.17) is 0 Å². The van der Waals surface area contributed by atoms with Crippen molar-refractivity contribution in [1.29, 1.82) is 0 Å². The zero-order valence-corrected chi connectivity index (χ0v) is 12.7. The van der Waals surface area contributed by atoms with Crippen LogP contribution in [0.25, 0.3) is 0 Å². The fraction of sp³-hybridized carbons (Fsp3) is 0.500.